The number of fused-ring (bicyclic) bond motifs is 2. The van der Waals surface area contributed by atoms with Crippen LogP contribution in [0.3, 0.4) is 0 Å². The van der Waals surface area contributed by atoms with Crippen molar-refractivity contribution in [2.24, 2.45) is 0 Å². The molecule has 0 N–H and O–H groups in total. The van der Waals surface area contributed by atoms with Crippen LogP contribution in [-0.2, 0) is 9.47 Å². The van der Waals surface area contributed by atoms with Gasteiger partial charge in [0.25, 0.3) is 5.91 Å². The van der Waals surface area contributed by atoms with E-state index >= 15 is 0 Å². The second-order valence-corrected chi connectivity index (χ2v) is 5.20. The number of methoxy groups -OCH3 is 1. The highest BCUT2D eigenvalue weighted by atomic mass is 16.5. The van der Waals surface area contributed by atoms with Crippen molar-refractivity contribution in [3.63, 3.8) is 0 Å². The van der Waals surface area contributed by atoms with Crippen LogP contribution in [0.25, 0.3) is 0 Å². The van der Waals surface area contributed by atoms with Crippen molar-refractivity contribution in [2.45, 2.75) is 24.9 Å². The van der Waals surface area contributed by atoms with Gasteiger partial charge >= 0.3 is 5.97 Å². The molecule has 2 heterocycles. The minimum absolute atomic E-state index is 0.0252. The van der Waals surface area contributed by atoms with Gasteiger partial charge in [-0.15, -0.1) is 0 Å². The normalized spacial score (nSPS) is 24.6. The van der Waals surface area contributed by atoms with Crippen molar-refractivity contribution in [3.8, 4) is 0 Å². The predicted octanol–water partition coefficient (Wildman–Crippen LogP) is 1.48. The molecule has 5 heteroatoms. The Morgan fingerprint density at radius 1 is 1.10 bits per heavy atom. The Bertz CT molecular complexity index is 509. The van der Waals surface area contributed by atoms with E-state index in [4.69, 9.17) is 4.74 Å². The Balaban J connectivity index is 1.79. The molecule has 2 atom stereocenters. The Kier molecular flexibility index (Phi) is 3.44. The molecule has 20 heavy (non-hydrogen) atoms. The van der Waals surface area contributed by atoms with E-state index in [9.17, 15) is 9.59 Å². The van der Waals surface area contributed by atoms with E-state index < -0.39 is 5.97 Å². The van der Waals surface area contributed by atoms with Gasteiger partial charge in [-0.05, 0) is 37.1 Å². The van der Waals surface area contributed by atoms with E-state index in [1.807, 2.05) is 4.90 Å². The summed E-state index contributed by atoms with van der Waals surface area (Å²) in [5.41, 5.74) is 1.06. The van der Waals surface area contributed by atoms with Crippen molar-refractivity contribution in [3.05, 3.63) is 35.4 Å². The SMILES string of the molecule is COC(=O)c1ccc(C(=O)N2C3CCC2COC3)cc1. The van der Waals surface area contributed by atoms with Crippen LogP contribution in [0.4, 0.5) is 0 Å². The van der Waals surface area contributed by atoms with Gasteiger partial charge in [-0.2, -0.15) is 0 Å². The number of hydrogen-bond acceptors (Lipinski definition) is 4. The summed E-state index contributed by atoms with van der Waals surface area (Å²) in [7, 11) is 1.34. The number of carbonyl (C=O) groups is 2. The molecule has 3 rings (SSSR count). The third-order valence-corrected chi connectivity index (χ3v) is 4.03. The fraction of sp³-hybridized carbons (Fsp3) is 0.467. The number of rotatable bonds is 2. The topological polar surface area (TPSA) is 55.8 Å². The summed E-state index contributed by atoms with van der Waals surface area (Å²) in [5.74, 6) is -0.368. The van der Waals surface area contributed by atoms with Gasteiger partial charge in [0.05, 0.1) is 38.0 Å². The molecule has 2 aliphatic heterocycles. The molecule has 2 bridgehead atoms. The third kappa shape index (κ3) is 2.18. The first-order chi connectivity index (χ1) is 9.70. The van der Waals surface area contributed by atoms with Crippen LogP contribution in [0, 0.1) is 0 Å². The van der Waals surface area contributed by atoms with Gasteiger partial charge in [0.15, 0.2) is 0 Å². The second-order valence-electron chi connectivity index (χ2n) is 5.20. The highest BCUT2D eigenvalue weighted by Crippen LogP contribution is 2.30. The van der Waals surface area contributed by atoms with Crippen LogP contribution in [0.2, 0.25) is 0 Å². The summed E-state index contributed by atoms with van der Waals surface area (Å²) in [4.78, 5) is 25.9. The monoisotopic (exact) mass is 275 g/mol. The molecule has 5 nitrogen and oxygen atoms in total. The molecule has 0 saturated carbocycles. The molecule has 2 saturated heterocycles. The predicted molar refractivity (Wildman–Crippen MR) is 71.6 cm³/mol. The number of benzene rings is 1. The van der Waals surface area contributed by atoms with E-state index in [0.29, 0.717) is 24.3 Å². The Hall–Kier alpha value is -1.88. The number of hydrogen-bond donors (Lipinski definition) is 0. The first kappa shape index (κ1) is 13.1. The maximum atomic E-state index is 12.6. The van der Waals surface area contributed by atoms with Gasteiger partial charge in [0, 0.05) is 5.56 Å². The number of morpholine rings is 1. The number of nitrogens with zero attached hydrogens (tertiary/aromatic N) is 1. The number of amides is 1. The third-order valence-electron chi connectivity index (χ3n) is 4.03. The molecule has 0 spiro atoms. The Morgan fingerprint density at radius 3 is 2.20 bits per heavy atom. The molecule has 106 valence electrons. The Morgan fingerprint density at radius 2 is 1.65 bits per heavy atom. The van der Waals surface area contributed by atoms with Crippen LogP contribution in [0.1, 0.15) is 33.6 Å². The summed E-state index contributed by atoms with van der Waals surface area (Å²) in [5, 5.41) is 0. The maximum absolute atomic E-state index is 12.6. The lowest BCUT2D eigenvalue weighted by Gasteiger charge is -2.34. The van der Waals surface area contributed by atoms with E-state index in [0.717, 1.165) is 12.8 Å². The highest BCUT2D eigenvalue weighted by molar-refractivity contribution is 5.96. The fourth-order valence-electron chi connectivity index (χ4n) is 2.98. The highest BCUT2D eigenvalue weighted by Gasteiger charge is 2.40. The first-order valence-electron chi connectivity index (χ1n) is 6.79. The first-order valence-corrected chi connectivity index (χ1v) is 6.79. The quantitative estimate of drug-likeness (QED) is 0.767. The van der Waals surface area contributed by atoms with Crippen molar-refractivity contribution in [2.75, 3.05) is 20.3 Å². The zero-order valence-electron chi connectivity index (χ0n) is 11.4. The van der Waals surface area contributed by atoms with Crippen molar-refractivity contribution >= 4 is 11.9 Å². The Labute approximate surface area is 117 Å². The largest absolute Gasteiger partial charge is 0.465 e. The lowest BCUT2D eigenvalue weighted by molar-refractivity contribution is -0.00716. The van der Waals surface area contributed by atoms with E-state index in [2.05, 4.69) is 4.74 Å². The summed E-state index contributed by atoms with van der Waals surface area (Å²) >= 11 is 0. The standard InChI is InChI=1S/C15H17NO4/c1-19-15(18)11-4-2-10(3-5-11)14(17)16-12-6-7-13(16)9-20-8-12/h2-5,12-13H,6-9H2,1H3. The average Bonchev–Trinajstić information content (AvgIpc) is 2.75. The van der Waals surface area contributed by atoms with Crippen LogP contribution >= 0.6 is 0 Å². The smallest absolute Gasteiger partial charge is 0.337 e. The fourth-order valence-corrected chi connectivity index (χ4v) is 2.98. The zero-order valence-corrected chi connectivity index (χ0v) is 11.4. The summed E-state index contributed by atoms with van der Waals surface area (Å²) < 4.78 is 10.1. The molecular formula is C15H17NO4. The van der Waals surface area contributed by atoms with Gasteiger partial charge < -0.3 is 14.4 Å². The van der Waals surface area contributed by atoms with E-state index in [1.54, 1.807) is 24.3 Å². The van der Waals surface area contributed by atoms with Crippen LogP contribution in [0.5, 0.6) is 0 Å². The van der Waals surface area contributed by atoms with Gasteiger partial charge in [0.1, 0.15) is 0 Å². The van der Waals surface area contributed by atoms with Crippen LogP contribution in [0.15, 0.2) is 24.3 Å². The lowest BCUT2D eigenvalue weighted by atomic mass is 10.1. The number of carbonyl (C=O) groups excluding carboxylic acids is 2. The van der Waals surface area contributed by atoms with Crippen molar-refractivity contribution in [1.82, 2.24) is 4.90 Å². The van der Waals surface area contributed by atoms with Gasteiger partial charge in [-0.3, -0.25) is 4.79 Å². The van der Waals surface area contributed by atoms with Crippen LogP contribution in [-0.4, -0.2) is 49.2 Å². The molecule has 0 aromatic heterocycles. The summed E-state index contributed by atoms with van der Waals surface area (Å²) in [6, 6.07) is 7.01. The van der Waals surface area contributed by atoms with Crippen LogP contribution < -0.4 is 0 Å². The van der Waals surface area contributed by atoms with Gasteiger partial charge in [-0.1, -0.05) is 0 Å². The summed E-state index contributed by atoms with van der Waals surface area (Å²) in [6.07, 6.45) is 2.02. The maximum Gasteiger partial charge on any atom is 0.337 e. The molecule has 1 aromatic rings. The molecule has 2 fully saturated rings. The van der Waals surface area contributed by atoms with E-state index in [1.165, 1.54) is 7.11 Å². The minimum Gasteiger partial charge on any atom is -0.465 e. The van der Waals surface area contributed by atoms with Crippen molar-refractivity contribution in [1.29, 1.82) is 0 Å². The average molecular weight is 275 g/mol. The minimum atomic E-state index is -0.393. The number of ether oxygens (including phenoxy) is 2. The van der Waals surface area contributed by atoms with E-state index in [-0.39, 0.29) is 18.0 Å². The molecule has 1 amide bonds. The second kappa shape index (κ2) is 5.25. The van der Waals surface area contributed by atoms with Gasteiger partial charge in [0.2, 0.25) is 0 Å². The lowest BCUT2D eigenvalue weighted by Crippen LogP contribution is -2.49. The summed E-state index contributed by atoms with van der Waals surface area (Å²) in [6.45, 7) is 1.25. The molecule has 2 aliphatic rings. The molecular weight excluding hydrogens is 258 g/mol. The molecule has 1 aromatic carbocycles. The number of esters is 1. The molecule has 0 aliphatic carbocycles. The van der Waals surface area contributed by atoms with Crippen molar-refractivity contribution < 1.29 is 19.1 Å². The zero-order chi connectivity index (χ0) is 14.1. The van der Waals surface area contributed by atoms with Gasteiger partial charge in [-0.25, -0.2) is 4.79 Å². The molecule has 2 unspecified atom stereocenters. The molecule has 0 radical (unpaired) electrons.